The van der Waals surface area contributed by atoms with E-state index >= 15 is 0 Å². The van der Waals surface area contributed by atoms with E-state index in [1.807, 2.05) is 32.9 Å². The standard InChI is InChI=1S/C20H24N2O5S/c1-13-9-14(2)20(15(3)10-13)21-19(23)12-22(4)28(24,25)16-5-6-17-18(11-16)27-8-7-26-17/h5-6,9-11H,7-8,12H2,1-4H3,(H,21,23). The van der Waals surface area contributed by atoms with Crippen LogP contribution in [0, 0.1) is 20.8 Å². The maximum atomic E-state index is 12.8. The van der Waals surface area contributed by atoms with E-state index < -0.39 is 15.9 Å². The summed E-state index contributed by atoms with van der Waals surface area (Å²) in [5.41, 5.74) is 3.68. The van der Waals surface area contributed by atoms with E-state index in [-0.39, 0.29) is 11.4 Å². The van der Waals surface area contributed by atoms with Crippen LogP contribution >= 0.6 is 0 Å². The van der Waals surface area contributed by atoms with Gasteiger partial charge in [0.25, 0.3) is 0 Å². The molecule has 150 valence electrons. The van der Waals surface area contributed by atoms with Gasteiger partial charge in [-0.15, -0.1) is 0 Å². The largest absolute Gasteiger partial charge is 0.486 e. The molecule has 0 radical (unpaired) electrons. The number of fused-ring (bicyclic) bond motifs is 1. The number of likely N-dealkylation sites (N-methyl/N-ethyl adjacent to an activating group) is 1. The summed E-state index contributed by atoms with van der Waals surface area (Å²) in [5, 5.41) is 2.82. The lowest BCUT2D eigenvalue weighted by Gasteiger charge is -2.21. The number of amides is 1. The number of carbonyl (C=O) groups excluding carboxylic acids is 1. The molecule has 0 fully saturated rings. The first kappa shape index (κ1) is 20.2. The van der Waals surface area contributed by atoms with Crippen molar-refractivity contribution in [2.24, 2.45) is 0 Å². The first-order valence-corrected chi connectivity index (χ1v) is 10.4. The highest BCUT2D eigenvalue weighted by Crippen LogP contribution is 2.33. The van der Waals surface area contributed by atoms with Gasteiger partial charge in [-0.3, -0.25) is 4.79 Å². The highest BCUT2D eigenvalue weighted by Gasteiger charge is 2.25. The molecule has 8 heteroatoms. The Morgan fingerprint density at radius 2 is 1.64 bits per heavy atom. The van der Waals surface area contributed by atoms with E-state index in [4.69, 9.17) is 9.47 Å². The molecule has 28 heavy (non-hydrogen) atoms. The maximum Gasteiger partial charge on any atom is 0.243 e. The fraction of sp³-hybridized carbons (Fsp3) is 0.350. The first-order valence-electron chi connectivity index (χ1n) is 8.92. The highest BCUT2D eigenvalue weighted by atomic mass is 32.2. The van der Waals surface area contributed by atoms with Crippen LogP contribution in [0.1, 0.15) is 16.7 Å². The quantitative estimate of drug-likeness (QED) is 0.828. The Morgan fingerprint density at radius 1 is 1.04 bits per heavy atom. The molecule has 0 aromatic heterocycles. The van der Waals surface area contributed by atoms with Crippen LogP contribution < -0.4 is 14.8 Å². The van der Waals surface area contributed by atoms with Crippen molar-refractivity contribution in [3.63, 3.8) is 0 Å². The van der Waals surface area contributed by atoms with Crippen molar-refractivity contribution in [2.75, 3.05) is 32.1 Å². The molecule has 1 amide bonds. The summed E-state index contributed by atoms with van der Waals surface area (Å²) in [6.07, 6.45) is 0. The summed E-state index contributed by atoms with van der Waals surface area (Å²) in [6.45, 7) is 6.29. The Morgan fingerprint density at radius 3 is 2.29 bits per heavy atom. The number of rotatable bonds is 5. The predicted molar refractivity (Wildman–Crippen MR) is 107 cm³/mol. The molecular weight excluding hydrogens is 380 g/mol. The Kier molecular flexibility index (Phi) is 5.62. The van der Waals surface area contributed by atoms with Gasteiger partial charge >= 0.3 is 0 Å². The van der Waals surface area contributed by atoms with Crippen molar-refractivity contribution in [1.29, 1.82) is 0 Å². The van der Waals surface area contributed by atoms with Crippen molar-refractivity contribution in [2.45, 2.75) is 25.7 Å². The van der Waals surface area contributed by atoms with Gasteiger partial charge in [0, 0.05) is 18.8 Å². The van der Waals surface area contributed by atoms with Gasteiger partial charge in [-0.25, -0.2) is 8.42 Å². The summed E-state index contributed by atoms with van der Waals surface area (Å²) in [5.74, 6) is 0.491. The van der Waals surface area contributed by atoms with Gasteiger partial charge in [-0.2, -0.15) is 4.31 Å². The van der Waals surface area contributed by atoms with Gasteiger partial charge in [-0.05, 0) is 44.0 Å². The average Bonchev–Trinajstić information content (AvgIpc) is 2.64. The summed E-state index contributed by atoms with van der Waals surface area (Å²) in [4.78, 5) is 12.5. The molecule has 7 nitrogen and oxygen atoms in total. The summed E-state index contributed by atoms with van der Waals surface area (Å²) in [7, 11) is -2.47. The number of ether oxygens (including phenoxy) is 2. The summed E-state index contributed by atoms with van der Waals surface area (Å²) in [6, 6.07) is 8.38. The zero-order chi connectivity index (χ0) is 20.5. The van der Waals surface area contributed by atoms with Gasteiger partial charge in [0.05, 0.1) is 11.4 Å². The molecule has 2 aromatic carbocycles. The molecule has 2 aromatic rings. The fourth-order valence-electron chi connectivity index (χ4n) is 3.21. The minimum Gasteiger partial charge on any atom is -0.486 e. The molecular formula is C20H24N2O5S. The molecule has 1 aliphatic heterocycles. The third kappa shape index (κ3) is 4.13. The zero-order valence-corrected chi connectivity index (χ0v) is 17.2. The van der Waals surface area contributed by atoms with Crippen molar-refractivity contribution < 1.29 is 22.7 Å². The molecule has 0 spiro atoms. The number of hydrogen-bond donors (Lipinski definition) is 1. The normalized spacial score (nSPS) is 13.5. The number of sulfonamides is 1. The molecule has 0 aliphatic carbocycles. The highest BCUT2D eigenvalue weighted by molar-refractivity contribution is 7.89. The second-order valence-electron chi connectivity index (χ2n) is 6.89. The Hall–Kier alpha value is -2.58. The number of anilines is 1. The number of carbonyl (C=O) groups is 1. The number of hydrogen-bond acceptors (Lipinski definition) is 5. The Labute approximate surface area is 165 Å². The lowest BCUT2D eigenvalue weighted by molar-refractivity contribution is -0.116. The SMILES string of the molecule is Cc1cc(C)c(NC(=O)CN(C)S(=O)(=O)c2ccc3c(c2)OCCO3)c(C)c1. The minimum absolute atomic E-state index is 0.0507. The van der Waals surface area contributed by atoms with Crippen LogP contribution in [0.4, 0.5) is 5.69 Å². The third-order valence-corrected chi connectivity index (χ3v) is 6.33. The molecule has 0 bridgehead atoms. The number of aryl methyl sites for hydroxylation is 3. The molecule has 1 N–H and O–H groups in total. The van der Waals surface area contributed by atoms with E-state index in [9.17, 15) is 13.2 Å². The Bertz CT molecular complexity index is 994. The maximum absolute atomic E-state index is 12.8. The molecule has 0 saturated heterocycles. The third-order valence-electron chi connectivity index (χ3n) is 4.53. The van der Waals surface area contributed by atoms with E-state index in [1.165, 1.54) is 19.2 Å². The topological polar surface area (TPSA) is 84.9 Å². The van der Waals surface area contributed by atoms with E-state index in [2.05, 4.69) is 5.32 Å². The van der Waals surface area contributed by atoms with Gasteiger partial charge < -0.3 is 14.8 Å². The van der Waals surface area contributed by atoms with Crippen LogP contribution in [0.15, 0.2) is 35.2 Å². The number of nitrogens with one attached hydrogen (secondary N) is 1. The molecule has 1 aliphatic rings. The summed E-state index contributed by atoms with van der Waals surface area (Å²) >= 11 is 0. The van der Waals surface area contributed by atoms with Gasteiger partial charge in [0.1, 0.15) is 13.2 Å². The molecule has 0 atom stereocenters. The van der Waals surface area contributed by atoms with Crippen LogP contribution in [-0.4, -0.2) is 45.4 Å². The van der Waals surface area contributed by atoms with Crippen molar-refractivity contribution in [3.8, 4) is 11.5 Å². The second kappa shape index (κ2) is 7.81. The van der Waals surface area contributed by atoms with Crippen LogP contribution in [-0.2, 0) is 14.8 Å². The second-order valence-corrected chi connectivity index (χ2v) is 8.93. The van der Waals surface area contributed by atoms with E-state index in [0.29, 0.717) is 30.4 Å². The molecule has 0 saturated carbocycles. The van der Waals surface area contributed by atoms with Crippen molar-refractivity contribution in [1.82, 2.24) is 4.31 Å². The van der Waals surface area contributed by atoms with E-state index in [0.717, 1.165) is 21.0 Å². The number of nitrogens with zero attached hydrogens (tertiary/aromatic N) is 1. The molecule has 1 heterocycles. The van der Waals surface area contributed by atoms with E-state index in [1.54, 1.807) is 6.07 Å². The smallest absolute Gasteiger partial charge is 0.243 e. The van der Waals surface area contributed by atoms with Crippen LogP contribution in [0.2, 0.25) is 0 Å². The zero-order valence-electron chi connectivity index (χ0n) is 16.4. The monoisotopic (exact) mass is 404 g/mol. The van der Waals surface area contributed by atoms with Crippen molar-refractivity contribution >= 4 is 21.6 Å². The minimum atomic E-state index is -3.85. The van der Waals surface area contributed by atoms with Gasteiger partial charge in [0.2, 0.25) is 15.9 Å². The molecule has 3 rings (SSSR count). The van der Waals surface area contributed by atoms with Crippen LogP contribution in [0.25, 0.3) is 0 Å². The average molecular weight is 404 g/mol. The van der Waals surface area contributed by atoms with Crippen LogP contribution in [0.5, 0.6) is 11.5 Å². The van der Waals surface area contributed by atoms with Crippen molar-refractivity contribution in [3.05, 3.63) is 47.0 Å². The first-order chi connectivity index (χ1) is 13.2. The Balaban J connectivity index is 1.75. The molecule has 0 unspecified atom stereocenters. The lowest BCUT2D eigenvalue weighted by Crippen LogP contribution is -2.35. The van der Waals surface area contributed by atoms with Gasteiger partial charge in [0.15, 0.2) is 11.5 Å². The fourth-order valence-corrected chi connectivity index (χ4v) is 4.35. The summed E-state index contributed by atoms with van der Waals surface area (Å²) < 4.78 is 37.6. The predicted octanol–water partition coefficient (Wildman–Crippen LogP) is 2.64. The van der Waals surface area contributed by atoms with Crippen LogP contribution in [0.3, 0.4) is 0 Å². The van der Waals surface area contributed by atoms with Gasteiger partial charge in [-0.1, -0.05) is 17.7 Å². The number of benzene rings is 2. The lowest BCUT2D eigenvalue weighted by atomic mass is 10.1.